The average Bonchev–Trinajstić information content (AvgIpc) is 3.24. The predicted molar refractivity (Wildman–Crippen MR) is 92.3 cm³/mol. The first-order valence-corrected chi connectivity index (χ1v) is 7.87. The summed E-state index contributed by atoms with van der Waals surface area (Å²) in [4.78, 5) is 9.23. The summed E-state index contributed by atoms with van der Waals surface area (Å²) in [5, 5.41) is 17.3. The maximum absolute atomic E-state index is 9.76. The van der Waals surface area contributed by atoms with Crippen LogP contribution in [0.1, 0.15) is 12.5 Å². The number of anilines is 1. The maximum atomic E-state index is 9.76. The minimum Gasteiger partial charge on any atom is -0.392 e. The molecular weight excluding hydrogens is 320 g/mol. The van der Waals surface area contributed by atoms with Crippen LogP contribution in [0.5, 0.6) is 0 Å². The van der Waals surface area contributed by atoms with Crippen molar-refractivity contribution in [3.63, 3.8) is 0 Å². The molecule has 0 unspecified atom stereocenters. The Bertz CT molecular complexity index is 1040. The molecule has 0 saturated carbocycles. The molecule has 0 fully saturated rings. The number of nitrogen functional groups attached to an aromatic ring is 1. The van der Waals surface area contributed by atoms with Crippen LogP contribution in [0.4, 0.5) is 5.82 Å². The number of aliphatic hydroxyl groups is 1. The van der Waals surface area contributed by atoms with E-state index in [1.54, 1.807) is 6.20 Å². The lowest BCUT2D eigenvalue weighted by atomic mass is 10.1. The van der Waals surface area contributed by atoms with Gasteiger partial charge in [0.2, 0.25) is 0 Å². The fraction of sp³-hybridized carbons (Fsp3) is 0.176. The van der Waals surface area contributed by atoms with Gasteiger partial charge in [0.15, 0.2) is 17.3 Å². The van der Waals surface area contributed by atoms with E-state index in [4.69, 9.17) is 15.3 Å². The molecule has 3 aromatic heterocycles. The van der Waals surface area contributed by atoms with Gasteiger partial charge in [-0.15, -0.1) is 0 Å². The van der Waals surface area contributed by atoms with E-state index in [1.165, 1.54) is 0 Å². The number of rotatable bonds is 4. The molecule has 25 heavy (non-hydrogen) atoms. The van der Waals surface area contributed by atoms with E-state index >= 15 is 0 Å². The third-order valence-electron chi connectivity index (χ3n) is 4.11. The van der Waals surface area contributed by atoms with E-state index < -0.39 is 0 Å². The molecule has 0 aliphatic carbocycles. The Balaban J connectivity index is 2.08. The van der Waals surface area contributed by atoms with Crippen LogP contribution >= 0.6 is 0 Å². The third kappa shape index (κ3) is 2.34. The Kier molecular flexibility index (Phi) is 3.66. The number of pyridine rings is 1. The summed E-state index contributed by atoms with van der Waals surface area (Å²) in [6, 6.07) is 9.77. The van der Waals surface area contributed by atoms with Crippen LogP contribution in [0.3, 0.4) is 0 Å². The first-order chi connectivity index (χ1) is 12.2. The summed E-state index contributed by atoms with van der Waals surface area (Å²) in [5.41, 5.74) is 10.1. The Morgan fingerprint density at radius 2 is 1.96 bits per heavy atom. The van der Waals surface area contributed by atoms with Crippen LogP contribution in [-0.4, -0.2) is 30.0 Å². The third-order valence-corrected chi connectivity index (χ3v) is 4.11. The Morgan fingerprint density at radius 3 is 2.60 bits per heavy atom. The van der Waals surface area contributed by atoms with E-state index in [9.17, 15) is 5.11 Å². The zero-order valence-electron chi connectivity index (χ0n) is 13.5. The SMILES string of the molecule is CCn1c(-c2nonc2N)nc2c(-c3ccccc3)ncc(CO)c21. The molecule has 3 heterocycles. The van der Waals surface area contributed by atoms with Crippen molar-refractivity contribution in [3.05, 3.63) is 42.1 Å². The molecule has 0 aliphatic heterocycles. The quantitative estimate of drug-likeness (QED) is 0.587. The number of aromatic nitrogens is 5. The number of aryl methyl sites for hydroxylation is 1. The Hall–Kier alpha value is -3.26. The van der Waals surface area contributed by atoms with E-state index in [0.717, 1.165) is 16.8 Å². The van der Waals surface area contributed by atoms with Gasteiger partial charge in [-0.2, -0.15) is 0 Å². The van der Waals surface area contributed by atoms with E-state index in [0.29, 0.717) is 29.1 Å². The number of fused-ring (bicyclic) bond motifs is 1. The molecule has 0 saturated heterocycles. The number of nitrogens with two attached hydrogens (primary N) is 1. The lowest BCUT2D eigenvalue weighted by Crippen LogP contribution is -2.02. The number of nitrogens with zero attached hydrogens (tertiary/aromatic N) is 5. The molecule has 0 atom stereocenters. The lowest BCUT2D eigenvalue weighted by molar-refractivity contribution is 0.282. The zero-order valence-corrected chi connectivity index (χ0v) is 13.5. The Labute approximate surface area is 142 Å². The van der Waals surface area contributed by atoms with Crippen LogP contribution < -0.4 is 5.73 Å². The largest absolute Gasteiger partial charge is 0.392 e. The maximum Gasteiger partial charge on any atom is 0.199 e. The standard InChI is InChI=1S/C17H16N6O2/c1-2-23-15-11(9-24)8-19-12(10-6-4-3-5-7-10)13(15)20-17(23)14-16(18)22-25-21-14/h3-8,24H,2,9H2,1H3,(H2,18,22). The highest BCUT2D eigenvalue weighted by atomic mass is 16.6. The number of benzene rings is 1. The van der Waals surface area contributed by atoms with Crippen LogP contribution in [-0.2, 0) is 13.2 Å². The van der Waals surface area contributed by atoms with Gasteiger partial charge in [0.25, 0.3) is 0 Å². The molecule has 4 rings (SSSR count). The molecule has 0 aliphatic rings. The highest BCUT2D eigenvalue weighted by Crippen LogP contribution is 2.33. The molecular formula is C17H16N6O2. The van der Waals surface area contributed by atoms with Gasteiger partial charge in [-0.25, -0.2) is 9.61 Å². The van der Waals surface area contributed by atoms with Gasteiger partial charge < -0.3 is 15.4 Å². The van der Waals surface area contributed by atoms with Gasteiger partial charge in [-0.1, -0.05) is 30.3 Å². The van der Waals surface area contributed by atoms with Crippen molar-refractivity contribution >= 4 is 16.9 Å². The van der Waals surface area contributed by atoms with Crippen molar-refractivity contribution in [1.29, 1.82) is 0 Å². The highest BCUT2D eigenvalue weighted by molar-refractivity contribution is 5.94. The van der Waals surface area contributed by atoms with E-state index in [1.807, 2.05) is 41.8 Å². The fourth-order valence-electron chi connectivity index (χ4n) is 2.97. The van der Waals surface area contributed by atoms with Gasteiger partial charge >= 0.3 is 0 Å². The van der Waals surface area contributed by atoms with Gasteiger partial charge in [-0.05, 0) is 17.2 Å². The van der Waals surface area contributed by atoms with Crippen LogP contribution in [0.2, 0.25) is 0 Å². The second-order valence-corrected chi connectivity index (χ2v) is 5.53. The van der Waals surface area contributed by atoms with Crippen molar-refractivity contribution < 1.29 is 9.74 Å². The van der Waals surface area contributed by atoms with E-state index in [2.05, 4.69) is 15.3 Å². The number of hydrogen-bond donors (Lipinski definition) is 2. The molecule has 4 aromatic rings. The van der Waals surface area contributed by atoms with Gasteiger partial charge in [0.1, 0.15) is 5.52 Å². The van der Waals surface area contributed by atoms with Crippen molar-refractivity contribution in [2.45, 2.75) is 20.1 Å². The predicted octanol–water partition coefficient (Wildman–Crippen LogP) is 2.24. The van der Waals surface area contributed by atoms with Crippen molar-refractivity contribution in [2.24, 2.45) is 0 Å². The second-order valence-electron chi connectivity index (χ2n) is 5.53. The molecule has 126 valence electrons. The smallest absolute Gasteiger partial charge is 0.199 e. The number of imidazole rings is 1. The summed E-state index contributed by atoms with van der Waals surface area (Å²) >= 11 is 0. The van der Waals surface area contributed by atoms with Gasteiger partial charge in [0, 0.05) is 23.9 Å². The fourth-order valence-corrected chi connectivity index (χ4v) is 2.97. The van der Waals surface area contributed by atoms with Crippen molar-refractivity contribution in [2.75, 3.05) is 5.73 Å². The summed E-state index contributed by atoms with van der Waals surface area (Å²) < 4.78 is 6.66. The molecule has 1 aromatic carbocycles. The van der Waals surface area contributed by atoms with Gasteiger partial charge in [-0.3, -0.25) is 4.98 Å². The van der Waals surface area contributed by atoms with Crippen LogP contribution in [0, 0.1) is 0 Å². The molecule has 8 nitrogen and oxygen atoms in total. The summed E-state index contributed by atoms with van der Waals surface area (Å²) in [7, 11) is 0. The molecule has 0 amide bonds. The molecule has 0 bridgehead atoms. The van der Waals surface area contributed by atoms with Crippen LogP contribution in [0.15, 0.2) is 41.2 Å². The topological polar surface area (TPSA) is 116 Å². The first kappa shape index (κ1) is 15.3. The molecule has 3 N–H and O–H groups in total. The van der Waals surface area contributed by atoms with Gasteiger partial charge in [0.05, 0.1) is 17.8 Å². The molecule has 0 radical (unpaired) electrons. The van der Waals surface area contributed by atoms with Crippen LogP contribution in [0.25, 0.3) is 33.8 Å². The second kappa shape index (κ2) is 5.99. The molecule has 8 heteroatoms. The van der Waals surface area contributed by atoms with Crippen molar-refractivity contribution in [3.8, 4) is 22.8 Å². The Morgan fingerprint density at radius 1 is 1.16 bits per heavy atom. The highest BCUT2D eigenvalue weighted by Gasteiger charge is 2.22. The number of hydrogen-bond acceptors (Lipinski definition) is 7. The first-order valence-electron chi connectivity index (χ1n) is 7.87. The monoisotopic (exact) mass is 336 g/mol. The summed E-state index contributed by atoms with van der Waals surface area (Å²) in [6.45, 7) is 2.46. The minimum atomic E-state index is -0.143. The minimum absolute atomic E-state index is 0.143. The van der Waals surface area contributed by atoms with Crippen molar-refractivity contribution in [1.82, 2.24) is 24.8 Å². The summed E-state index contributed by atoms with van der Waals surface area (Å²) in [6.07, 6.45) is 1.67. The lowest BCUT2D eigenvalue weighted by Gasteiger charge is -2.08. The summed E-state index contributed by atoms with van der Waals surface area (Å²) in [5.74, 6) is 0.709. The molecule has 0 spiro atoms. The number of aliphatic hydroxyl groups excluding tert-OH is 1. The normalized spacial score (nSPS) is 11.3. The van der Waals surface area contributed by atoms with E-state index in [-0.39, 0.29) is 12.4 Å². The average molecular weight is 336 g/mol. The zero-order chi connectivity index (χ0) is 17.4.